The topological polar surface area (TPSA) is 319 Å². The molecule has 117 heavy (non-hydrogen) atoms. The average Bonchev–Trinajstić information content (AvgIpc) is 1.69. The molecule has 0 bridgehead atoms. The number of aromatic nitrogens is 16. The zero-order valence-corrected chi connectivity index (χ0v) is 62.5. The number of H-pyrrole nitrogens is 4. The second kappa shape index (κ2) is 36.4. The first-order valence-electron chi connectivity index (χ1n) is 35.7. The Morgan fingerprint density at radius 3 is 0.923 bits per heavy atom. The van der Waals surface area contributed by atoms with E-state index in [9.17, 15) is 35.1 Å². The number of nitriles is 1. The van der Waals surface area contributed by atoms with E-state index < -0.39 is 23.3 Å². The van der Waals surface area contributed by atoms with Crippen LogP contribution in [0.4, 0.5) is 58.4 Å². The minimum absolute atomic E-state index is 0.0283. The van der Waals surface area contributed by atoms with E-state index in [1.165, 1.54) is 54.7 Å². The number of pyridine rings is 4. The quantitative estimate of drug-likeness (QED) is 0.0302. The maximum absolute atomic E-state index is 14.4. The number of anilines is 4. The first-order chi connectivity index (χ1) is 56.7. The number of nitrogens with one attached hydrogen (secondary N) is 8. The highest BCUT2D eigenvalue weighted by molar-refractivity contribution is 5.95. The lowest BCUT2D eigenvalue weighted by molar-refractivity contribution is 0.240. The van der Waals surface area contributed by atoms with Crippen molar-refractivity contribution >= 4 is 67.4 Å². The fraction of sp³-hybridized carbons (Fsp3) is 0.128. The van der Waals surface area contributed by atoms with Gasteiger partial charge in [-0.25, -0.2) is 94.9 Å². The van der Waals surface area contributed by atoms with Crippen LogP contribution in [0.1, 0.15) is 96.4 Å². The summed E-state index contributed by atoms with van der Waals surface area (Å²) in [5.74, 6) is 11.5. The standard InChI is InChI=1S/C23H19F2N5O.C22H17F2N5O.C21H15F2N5.C20H14F2N6/c1-14(16-5-7-17(24)8-6-16)29-23-20(25)13-28-22(30-23)19-12-27-21-18(19)10-15(11-26-21)4-3-9-31-2;1-13(15-4-6-16(23)7-5-15)28-22-19(24)12-27-21(29-22)18-11-26-20-17(18)9-14(10-25-20)3-2-8-30;1-3-13-8-16-17(10-25-19(16)24-9-13)20-26-11-18(23)21(28-20)27-12(2)14-4-6-15(22)7-5-14;1-11(13-2-4-14(21)5-3-13)27-20-17(22)10-26-19(28-20)16-9-25-18-15(16)6-12(7-23)8-24-18/h5-8,10-14H,9H2,1-2H3,(H,26,27)(H,28,29,30);4-7,9-13,30H,8H2,1H3,(H,25,26)(H,27,28,29);1,4-12H,2H3,(H,24,25)(H,26,27,28);2-6,8-11H,1H3,(H,24,25)(H,26,27,28)/t14-;13-;12-;11-/m0000/s1. The van der Waals surface area contributed by atoms with E-state index in [1.54, 1.807) is 117 Å². The molecule has 0 radical (unpaired) electrons. The molecule has 12 heterocycles. The van der Waals surface area contributed by atoms with Crippen molar-refractivity contribution in [3.05, 3.63) is 287 Å². The smallest absolute Gasteiger partial charge is 0.183 e. The van der Waals surface area contributed by atoms with Crippen LogP contribution in [0.2, 0.25) is 0 Å². The van der Waals surface area contributed by atoms with E-state index in [-0.39, 0.29) is 77.3 Å². The van der Waals surface area contributed by atoms with Crippen molar-refractivity contribution in [1.82, 2.24) is 79.7 Å². The third-order valence-corrected chi connectivity index (χ3v) is 18.0. The second-order valence-electron chi connectivity index (χ2n) is 26.0. The third kappa shape index (κ3) is 19.3. The SMILES string of the molecule is C#Cc1cnc2[nH]cc(-c3ncc(F)c(N[C@@H](C)c4ccc(F)cc4)n3)c2c1.COCC#Cc1cnc2[nH]cc(-c3ncc(F)c(N[C@@H](C)c4ccc(F)cc4)n3)c2c1.C[C@H](Nc1nc(-c2c[nH]c3ncc(C#CCO)cc23)ncc1F)c1ccc(F)cc1.C[C@H](Nc1nc(-c2c[nH]c3ncc(C#N)cc23)ncc1F)c1ccc(F)cc1. The normalized spacial score (nSPS) is 11.8. The Bertz CT molecular complexity index is 6290. The number of hydrogen-bond donors (Lipinski definition) is 9. The van der Waals surface area contributed by atoms with Gasteiger partial charge >= 0.3 is 0 Å². The molecule has 0 unspecified atom stereocenters. The molecule has 0 aliphatic rings. The summed E-state index contributed by atoms with van der Waals surface area (Å²) < 4.78 is 115. The van der Waals surface area contributed by atoms with E-state index >= 15 is 0 Å². The molecule has 23 nitrogen and oxygen atoms in total. The first-order valence-corrected chi connectivity index (χ1v) is 35.7. The Morgan fingerprint density at radius 1 is 0.385 bits per heavy atom. The molecule has 0 amide bonds. The van der Waals surface area contributed by atoms with Gasteiger partial charge in [0.1, 0.15) is 65.1 Å². The lowest BCUT2D eigenvalue weighted by Crippen LogP contribution is -2.10. The number of aliphatic hydroxyl groups excluding tert-OH is 1. The molecule has 0 saturated carbocycles. The zero-order valence-electron chi connectivity index (χ0n) is 62.5. The molecule has 0 fully saturated rings. The van der Waals surface area contributed by atoms with Gasteiger partial charge in [-0.1, -0.05) is 78.1 Å². The van der Waals surface area contributed by atoms with Gasteiger partial charge in [-0.15, -0.1) is 6.42 Å². The summed E-state index contributed by atoms with van der Waals surface area (Å²) in [6, 6.07) is 32.0. The van der Waals surface area contributed by atoms with Crippen LogP contribution in [-0.2, 0) is 4.74 Å². The Labute approximate surface area is 662 Å². The maximum Gasteiger partial charge on any atom is 0.183 e. The molecule has 9 N–H and O–H groups in total. The van der Waals surface area contributed by atoms with Gasteiger partial charge in [0.2, 0.25) is 0 Å². The zero-order chi connectivity index (χ0) is 82.2. The van der Waals surface area contributed by atoms with E-state index in [0.29, 0.717) is 96.8 Å². The number of nitrogens with zero attached hydrogens (tertiary/aromatic N) is 13. The predicted octanol–water partition coefficient (Wildman–Crippen LogP) is 17.1. The van der Waals surface area contributed by atoms with Crippen molar-refractivity contribution in [2.75, 3.05) is 41.6 Å². The number of aliphatic hydroxyl groups is 1. The van der Waals surface area contributed by atoms with Crippen molar-refractivity contribution in [1.29, 1.82) is 5.26 Å². The van der Waals surface area contributed by atoms with Crippen LogP contribution in [0.5, 0.6) is 0 Å². The van der Waals surface area contributed by atoms with Crippen LogP contribution in [0.15, 0.2) is 196 Å². The van der Waals surface area contributed by atoms with Crippen LogP contribution in [0.25, 0.3) is 89.7 Å². The number of benzene rings is 4. The van der Waals surface area contributed by atoms with Gasteiger partial charge in [0.05, 0.1) is 54.5 Å². The molecule has 12 aromatic heterocycles. The molecule has 0 spiro atoms. The largest absolute Gasteiger partial charge is 0.384 e. The molecule has 31 heteroatoms. The van der Waals surface area contributed by atoms with Crippen LogP contribution in [0.3, 0.4) is 0 Å². The summed E-state index contributed by atoms with van der Waals surface area (Å²) in [5, 5.41) is 32.9. The summed E-state index contributed by atoms with van der Waals surface area (Å²) in [7, 11) is 1.58. The van der Waals surface area contributed by atoms with E-state index in [2.05, 4.69) is 131 Å². The highest BCUT2D eigenvalue weighted by Gasteiger charge is 2.22. The fourth-order valence-corrected chi connectivity index (χ4v) is 11.9. The summed E-state index contributed by atoms with van der Waals surface area (Å²) in [4.78, 5) is 63.0. The number of hydrogen-bond acceptors (Lipinski definition) is 19. The van der Waals surface area contributed by atoms with Crippen LogP contribution in [-0.4, -0.2) is 105 Å². The number of fused-ring (bicyclic) bond motifs is 4. The van der Waals surface area contributed by atoms with Gasteiger partial charge in [0.15, 0.2) is 69.8 Å². The Balaban J connectivity index is 0.000000136. The first kappa shape index (κ1) is 79.8. The van der Waals surface area contributed by atoms with Crippen molar-refractivity contribution in [3.8, 4) is 87.6 Å². The Morgan fingerprint density at radius 2 is 0.650 bits per heavy atom. The summed E-state index contributed by atoms with van der Waals surface area (Å²) in [6.07, 6.45) is 23.0. The minimum atomic E-state index is -0.603. The molecule has 0 saturated heterocycles. The van der Waals surface area contributed by atoms with Gasteiger partial charge in [0, 0.05) is 117 Å². The van der Waals surface area contributed by atoms with E-state index in [1.807, 2.05) is 39.8 Å². The Kier molecular flexibility index (Phi) is 24.8. The van der Waals surface area contributed by atoms with E-state index in [4.69, 9.17) is 21.5 Å². The van der Waals surface area contributed by atoms with Crippen LogP contribution >= 0.6 is 0 Å². The lowest BCUT2D eigenvalue weighted by Gasteiger charge is -2.16. The fourth-order valence-electron chi connectivity index (χ4n) is 11.9. The molecule has 582 valence electrons. The average molecular weight is 1580 g/mol. The van der Waals surface area contributed by atoms with Gasteiger partial charge in [-0.2, -0.15) is 5.26 Å². The molecular formula is C86H65F8N21O2. The third-order valence-electron chi connectivity index (χ3n) is 18.0. The minimum Gasteiger partial charge on any atom is -0.384 e. The Hall–Kier alpha value is -15.3. The monoisotopic (exact) mass is 1580 g/mol. The van der Waals surface area contributed by atoms with Gasteiger partial charge < -0.3 is 51.0 Å². The predicted molar refractivity (Wildman–Crippen MR) is 427 cm³/mol. The van der Waals surface area contributed by atoms with Gasteiger partial charge in [0.25, 0.3) is 0 Å². The number of rotatable bonds is 17. The second-order valence-corrected chi connectivity index (χ2v) is 26.0. The number of aromatic amines is 4. The number of terminal acetylenes is 1. The lowest BCUT2D eigenvalue weighted by atomic mass is 10.1. The van der Waals surface area contributed by atoms with Gasteiger partial charge in [-0.05, 0) is 123 Å². The molecule has 0 aliphatic carbocycles. The number of methoxy groups -OCH3 is 1. The molecular weight excluding hydrogens is 1510 g/mol. The van der Waals surface area contributed by atoms with Crippen LogP contribution in [0, 0.1) is 93.9 Å². The van der Waals surface area contributed by atoms with Gasteiger partial charge in [-0.3, -0.25) is 0 Å². The summed E-state index contributed by atoms with van der Waals surface area (Å²) in [6.45, 7) is 7.40. The maximum atomic E-state index is 14.4. The number of ether oxygens (including phenoxy) is 1. The molecule has 0 aliphatic heterocycles. The molecule has 4 atom stereocenters. The highest BCUT2D eigenvalue weighted by atomic mass is 19.2. The van der Waals surface area contributed by atoms with Crippen molar-refractivity contribution < 1.29 is 45.0 Å². The molecule has 16 aromatic rings. The van der Waals surface area contributed by atoms with Crippen molar-refractivity contribution in [2.24, 2.45) is 0 Å². The van der Waals surface area contributed by atoms with Crippen LogP contribution < -0.4 is 21.3 Å². The van der Waals surface area contributed by atoms with E-state index in [0.717, 1.165) is 68.8 Å². The highest BCUT2D eigenvalue weighted by Crippen LogP contribution is 2.34. The summed E-state index contributed by atoms with van der Waals surface area (Å²) in [5.41, 5.74) is 10.6. The van der Waals surface area contributed by atoms with Crippen molar-refractivity contribution in [3.63, 3.8) is 0 Å². The molecule has 4 aromatic carbocycles. The molecule has 16 rings (SSSR count). The summed E-state index contributed by atoms with van der Waals surface area (Å²) >= 11 is 0. The van der Waals surface area contributed by atoms with Crippen molar-refractivity contribution in [2.45, 2.75) is 51.9 Å². The number of halogens is 8.